The second-order valence-electron chi connectivity index (χ2n) is 10.6. The van der Waals surface area contributed by atoms with Crippen LogP contribution in [0.15, 0.2) is 142 Å². The summed E-state index contributed by atoms with van der Waals surface area (Å²) < 4.78 is 13.0. The highest BCUT2D eigenvalue weighted by atomic mass is 16.3. The molecule has 0 radical (unpaired) electrons. The molecule has 0 bridgehead atoms. The maximum absolute atomic E-state index is 6.69. The van der Waals surface area contributed by atoms with Crippen molar-refractivity contribution < 1.29 is 8.83 Å². The summed E-state index contributed by atoms with van der Waals surface area (Å²) in [5.74, 6) is 0.628. The van der Waals surface area contributed by atoms with E-state index in [0.717, 1.165) is 66.4 Å². The Kier molecular flexibility index (Phi) is 4.87. The number of rotatable bonds is 3. The molecule has 0 fully saturated rings. The summed E-state index contributed by atoms with van der Waals surface area (Å²) in [4.78, 5) is 10.1. The zero-order chi connectivity index (χ0) is 27.6. The molecule has 0 saturated heterocycles. The lowest BCUT2D eigenvalue weighted by molar-refractivity contribution is 0.667. The molecule has 42 heavy (non-hydrogen) atoms. The molecule has 0 aliphatic heterocycles. The number of aromatic nitrogens is 2. The molecular formula is C38H22N2O2. The first-order valence-electron chi connectivity index (χ1n) is 14.0. The van der Waals surface area contributed by atoms with E-state index in [1.165, 1.54) is 10.8 Å². The first-order chi connectivity index (χ1) is 20.8. The Hall–Kier alpha value is -5.74. The van der Waals surface area contributed by atoms with Gasteiger partial charge in [-0.25, -0.2) is 9.97 Å². The minimum Gasteiger partial charge on any atom is -0.455 e. The largest absolute Gasteiger partial charge is 0.455 e. The van der Waals surface area contributed by atoms with Crippen molar-refractivity contribution in [1.82, 2.24) is 9.97 Å². The Morgan fingerprint density at radius 3 is 1.95 bits per heavy atom. The number of benzene rings is 6. The monoisotopic (exact) mass is 538 g/mol. The van der Waals surface area contributed by atoms with E-state index in [1.54, 1.807) is 0 Å². The Bertz CT molecular complexity index is 2460. The van der Waals surface area contributed by atoms with E-state index in [1.807, 2.05) is 48.5 Å². The maximum atomic E-state index is 6.69. The number of hydrogen-bond acceptors (Lipinski definition) is 4. The highest BCUT2D eigenvalue weighted by Gasteiger charge is 2.20. The lowest BCUT2D eigenvalue weighted by Crippen LogP contribution is -1.93. The predicted octanol–water partition coefficient (Wildman–Crippen LogP) is 10.4. The molecule has 4 heteroatoms. The van der Waals surface area contributed by atoms with Gasteiger partial charge in [0.2, 0.25) is 0 Å². The van der Waals surface area contributed by atoms with Gasteiger partial charge in [0.15, 0.2) is 11.4 Å². The third-order valence-corrected chi connectivity index (χ3v) is 8.07. The fourth-order valence-electron chi connectivity index (χ4n) is 6.12. The molecule has 0 aliphatic carbocycles. The van der Waals surface area contributed by atoms with Crippen molar-refractivity contribution in [1.29, 1.82) is 0 Å². The third kappa shape index (κ3) is 3.42. The number of nitrogens with zero attached hydrogens (tertiary/aromatic N) is 2. The van der Waals surface area contributed by atoms with Gasteiger partial charge in [-0.1, -0.05) is 103 Å². The zero-order valence-corrected chi connectivity index (χ0v) is 22.4. The molecule has 6 aromatic carbocycles. The first-order valence-corrected chi connectivity index (χ1v) is 14.0. The van der Waals surface area contributed by atoms with Gasteiger partial charge in [0.1, 0.15) is 28.0 Å². The van der Waals surface area contributed by atoms with Crippen LogP contribution in [0.4, 0.5) is 0 Å². The molecule has 0 unspecified atom stereocenters. The molecule has 9 rings (SSSR count). The summed E-state index contributed by atoms with van der Waals surface area (Å²) in [5, 5.41) is 5.48. The van der Waals surface area contributed by atoms with Crippen LogP contribution in [0.2, 0.25) is 0 Å². The molecule has 196 valence electrons. The Morgan fingerprint density at radius 1 is 0.429 bits per heavy atom. The van der Waals surface area contributed by atoms with Gasteiger partial charge in [-0.2, -0.15) is 0 Å². The van der Waals surface area contributed by atoms with Crippen LogP contribution in [-0.4, -0.2) is 9.97 Å². The van der Waals surface area contributed by atoms with Crippen LogP contribution in [0.25, 0.3) is 88.6 Å². The molecule has 9 aromatic rings. The molecule has 0 atom stereocenters. The van der Waals surface area contributed by atoms with E-state index in [9.17, 15) is 0 Å². The predicted molar refractivity (Wildman–Crippen MR) is 170 cm³/mol. The van der Waals surface area contributed by atoms with Crippen LogP contribution in [0, 0.1) is 0 Å². The average Bonchev–Trinajstić information content (AvgIpc) is 3.61. The number of fused-ring (bicyclic) bond motifs is 7. The average molecular weight is 539 g/mol. The summed E-state index contributed by atoms with van der Waals surface area (Å²) in [6, 6.07) is 45.6. The van der Waals surface area contributed by atoms with Crippen molar-refractivity contribution in [3.63, 3.8) is 0 Å². The number of para-hydroxylation sites is 1. The quantitative estimate of drug-likeness (QED) is 0.224. The highest BCUT2D eigenvalue weighted by molar-refractivity contribution is 6.18. The van der Waals surface area contributed by atoms with E-state index in [4.69, 9.17) is 18.8 Å². The van der Waals surface area contributed by atoms with Crippen LogP contribution in [-0.2, 0) is 0 Å². The topological polar surface area (TPSA) is 52.1 Å². The lowest BCUT2D eigenvalue weighted by Gasteiger charge is -2.08. The molecular weight excluding hydrogens is 516 g/mol. The summed E-state index contributed by atoms with van der Waals surface area (Å²) >= 11 is 0. The van der Waals surface area contributed by atoms with E-state index in [2.05, 4.69) is 84.9 Å². The van der Waals surface area contributed by atoms with Crippen molar-refractivity contribution >= 4 is 54.8 Å². The van der Waals surface area contributed by atoms with Crippen LogP contribution in [0.3, 0.4) is 0 Å². The lowest BCUT2D eigenvalue weighted by atomic mass is 9.95. The number of hydrogen-bond donors (Lipinski definition) is 0. The normalized spacial score (nSPS) is 11.8. The van der Waals surface area contributed by atoms with E-state index in [0.29, 0.717) is 11.4 Å². The molecule has 0 amide bonds. The fourth-order valence-corrected chi connectivity index (χ4v) is 6.12. The highest BCUT2D eigenvalue weighted by Crippen LogP contribution is 2.42. The van der Waals surface area contributed by atoms with Crippen molar-refractivity contribution in [2.45, 2.75) is 0 Å². The van der Waals surface area contributed by atoms with Gasteiger partial charge in [0, 0.05) is 32.8 Å². The molecule has 0 spiro atoms. The van der Waals surface area contributed by atoms with Crippen LogP contribution in [0.5, 0.6) is 0 Å². The minimum atomic E-state index is 0.628. The van der Waals surface area contributed by atoms with Crippen molar-refractivity contribution in [2.24, 2.45) is 0 Å². The fraction of sp³-hybridized carbons (Fsp3) is 0. The zero-order valence-electron chi connectivity index (χ0n) is 22.4. The summed E-state index contributed by atoms with van der Waals surface area (Å²) in [5.41, 5.74) is 8.85. The van der Waals surface area contributed by atoms with Gasteiger partial charge in [-0.15, -0.1) is 0 Å². The van der Waals surface area contributed by atoms with Crippen LogP contribution >= 0.6 is 0 Å². The molecule has 3 aromatic heterocycles. The molecule has 0 aliphatic rings. The van der Waals surface area contributed by atoms with Crippen molar-refractivity contribution in [2.75, 3.05) is 0 Å². The Labute approximate surface area is 240 Å². The number of furan rings is 2. The van der Waals surface area contributed by atoms with Crippen LogP contribution in [0.1, 0.15) is 0 Å². The SMILES string of the molecule is c1ccc(-c2c3ccccc3cc3c2oc2cc(-c4nc(-c5ccccc5)c5oc6ccccc6c5n4)ccc23)cc1. The van der Waals surface area contributed by atoms with Gasteiger partial charge in [0.25, 0.3) is 0 Å². The standard InChI is InChI=1S/C38H22N2O2/c1-3-11-23(12-4-1)33-27-16-8-7-15-25(27)21-30-28-20-19-26(22-32(28)42-36(30)33)38-39-34(24-13-5-2-6-14-24)37-35(40-38)29-17-9-10-18-31(29)41-37/h1-22H. The smallest absolute Gasteiger partial charge is 0.180 e. The Morgan fingerprint density at radius 2 is 1.12 bits per heavy atom. The van der Waals surface area contributed by atoms with Gasteiger partial charge in [-0.3, -0.25) is 0 Å². The van der Waals surface area contributed by atoms with E-state index >= 15 is 0 Å². The van der Waals surface area contributed by atoms with Gasteiger partial charge in [-0.05, 0) is 46.7 Å². The summed E-state index contributed by atoms with van der Waals surface area (Å²) in [6.07, 6.45) is 0. The maximum Gasteiger partial charge on any atom is 0.180 e. The molecule has 0 saturated carbocycles. The van der Waals surface area contributed by atoms with Crippen molar-refractivity contribution in [3.05, 3.63) is 133 Å². The van der Waals surface area contributed by atoms with Crippen LogP contribution < -0.4 is 0 Å². The van der Waals surface area contributed by atoms with E-state index in [-0.39, 0.29) is 0 Å². The van der Waals surface area contributed by atoms with Gasteiger partial charge >= 0.3 is 0 Å². The van der Waals surface area contributed by atoms with Crippen molar-refractivity contribution in [3.8, 4) is 33.8 Å². The second-order valence-corrected chi connectivity index (χ2v) is 10.6. The summed E-state index contributed by atoms with van der Waals surface area (Å²) in [6.45, 7) is 0. The molecule has 4 nitrogen and oxygen atoms in total. The molecule has 0 N–H and O–H groups in total. The van der Waals surface area contributed by atoms with Gasteiger partial charge < -0.3 is 8.83 Å². The third-order valence-electron chi connectivity index (χ3n) is 8.07. The minimum absolute atomic E-state index is 0.628. The first kappa shape index (κ1) is 23.0. The Balaban J connectivity index is 1.31. The van der Waals surface area contributed by atoms with E-state index < -0.39 is 0 Å². The molecule has 3 heterocycles. The second kappa shape index (κ2) is 8.88. The van der Waals surface area contributed by atoms with Gasteiger partial charge in [0.05, 0.1) is 0 Å². The summed E-state index contributed by atoms with van der Waals surface area (Å²) in [7, 11) is 0.